The van der Waals surface area contributed by atoms with E-state index in [0.717, 1.165) is 5.02 Å². The molecule has 17 heavy (non-hydrogen) atoms. The first kappa shape index (κ1) is 12.7. The third-order valence-corrected chi connectivity index (χ3v) is 3.76. The number of rotatable bonds is 3. The zero-order chi connectivity index (χ0) is 12.3. The lowest BCUT2D eigenvalue weighted by Crippen LogP contribution is -2.20. The molecule has 1 atom stereocenters. The zero-order valence-corrected chi connectivity index (χ0v) is 11.3. The van der Waals surface area contributed by atoms with E-state index in [-0.39, 0.29) is 0 Å². The maximum atomic E-state index is 6.02. The Morgan fingerprint density at radius 2 is 2.12 bits per heavy atom. The van der Waals surface area contributed by atoms with Crippen molar-refractivity contribution in [3.8, 4) is 0 Å². The average molecular weight is 250 g/mol. The largest absolute Gasteiger partial charge is 0.310 e. The summed E-state index contributed by atoms with van der Waals surface area (Å²) in [6.07, 6.45) is 7.49. The molecule has 1 unspecified atom stereocenters. The summed E-state index contributed by atoms with van der Waals surface area (Å²) in [4.78, 5) is 0. The van der Waals surface area contributed by atoms with E-state index in [0.29, 0.717) is 6.04 Å². The number of allylic oxidation sites excluding steroid dienone is 1. The van der Waals surface area contributed by atoms with Crippen molar-refractivity contribution in [1.29, 1.82) is 0 Å². The molecule has 2 rings (SSSR count). The van der Waals surface area contributed by atoms with Crippen LogP contribution in [-0.2, 0) is 0 Å². The first-order chi connectivity index (χ1) is 8.22. The van der Waals surface area contributed by atoms with Crippen molar-refractivity contribution in [3.63, 3.8) is 0 Å². The molecule has 1 N–H and O–H groups in total. The monoisotopic (exact) mass is 249 g/mol. The normalized spacial score (nSPS) is 17.7. The summed E-state index contributed by atoms with van der Waals surface area (Å²) < 4.78 is 0. The molecule has 0 aromatic heterocycles. The summed E-state index contributed by atoms with van der Waals surface area (Å²) in [6, 6.07) is 6.53. The van der Waals surface area contributed by atoms with Gasteiger partial charge in [-0.2, -0.15) is 0 Å². The molecule has 1 nitrogen and oxygen atoms in total. The summed E-state index contributed by atoms with van der Waals surface area (Å²) in [5, 5.41) is 4.26. The van der Waals surface area contributed by atoms with Gasteiger partial charge in [-0.15, -0.1) is 0 Å². The van der Waals surface area contributed by atoms with Gasteiger partial charge >= 0.3 is 0 Å². The molecule has 2 heteroatoms. The van der Waals surface area contributed by atoms with Crippen molar-refractivity contribution < 1.29 is 0 Å². The van der Waals surface area contributed by atoms with E-state index in [1.165, 1.54) is 42.4 Å². The molecule has 0 saturated heterocycles. The predicted molar refractivity (Wildman–Crippen MR) is 74.5 cm³/mol. The Morgan fingerprint density at radius 1 is 1.29 bits per heavy atom. The average Bonchev–Trinajstić information content (AvgIpc) is 2.34. The third kappa shape index (κ3) is 2.91. The molecule has 0 aliphatic heterocycles. The summed E-state index contributed by atoms with van der Waals surface area (Å²) in [5.41, 5.74) is 4.15. The molecule has 1 aromatic carbocycles. The van der Waals surface area contributed by atoms with Gasteiger partial charge < -0.3 is 5.32 Å². The Hall–Kier alpha value is -0.790. The second kappa shape index (κ2) is 5.70. The zero-order valence-electron chi connectivity index (χ0n) is 10.6. The molecule has 0 amide bonds. The van der Waals surface area contributed by atoms with Crippen LogP contribution in [0.3, 0.4) is 0 Å². The van der Waals surface area contributed by atoms with Crippen LogP contribution in [0.1, 0.15) is 42.9 Å². The highest BCUT2D eigenvalue weighted by atomic mass is 35.5. The molecule has 0 fully saturated rings. The fourth-order valence-electron chi connectivity index (χ4n) is 2.63. The van der Waals surface area contributed by atoms with Crippen molar-refractivity contribution in [3.05, 3.63) is 46.0 Å². The Morgan fingerprint density at radius 3 is 2.71 bits per heavy atom. The van der Waals surface area contributed by atoms with Gasteiger partial charge in [0.1, 0.15) is 0 Å². The second-order valence-electron chi connectivity index (χ2n) is 4.75. The van der Waals surface area contributed by atoms with Gasteiger partial charge in [0, 0.05) is 5.02 Å². The van der Waals surface area contributed by atoms with E-state index in [2.05, 4.69) is 24.4 Å². The van der Waals surface area contributed by atoms with E-state index < -0.39 is 0 Å². The minimum atomic E-state index is 0.354. The number of nitrogens with one attached hydrogen (secondary N) is 1. The topological polar surface area (TPSA) is 12.0 Å². The standard InChI is InChI=1S/C15H20ClN/c1-11-10-13(16)8-9-14(11)15(17-2)12-6-4-3-5-7-12/h6,8-10,15,17H,3-5,7H2,1-2H3. The van der Waals surface area contributed by atoms with Gasteiger partial charge in [-0.25, -0.2) is 0 Å². The van der Waals surface area contributed by atoms with Crippen LogP contribution in [0, 0.1) is 6.92 Å². The number of hydrogen-bond acceptors (Lipinski definition) is 1. The van der Waals surface area contributed by atoms with Crippen molar-refractivity contribution in [1.82, 2.24) is 5.32 Å². The van der Waals surface area contributed by atoms with Crippen LogP contribution < -0.4 is 5.32 Å². The van der Waals surface area contributed by atoms with Crippen LogP contribution in [0.15, 0.2) is 29.8 Å². The summed E-state index contributed by atoms with van der Waals surface area (Å²) in [7, 11) is 2.04. The Balaban J connectivity index is 2.31. The first-order valence-electron chi connectivity index (χ1n) is 6.34. The van der Waals surface area contributed by atoms with Crippen LogP contribution in [0.5, 0.6) is 0 Å². The Labute approximate surface area is 109 Å². The van der Waals surface area contributed by atoms with E-state index in [4.69, 9.17) is 11.6 Å². The van der Waals surface area contributed by atoms with Crippen molar-refractivity contribution in [2.24, 2.45) is 0 Å². The Bertz CT molecular complexity index is 423. The van der Waals surface area contributed by atoms with Crippen LogP contribution in [-0.4, -0.2) is 7.05 Å². The Kier molecular flexibility index (Phi) is 4.25. The molecular formula is C15H20ClN. The van der Waals surface area contributed by atoms with E-state index in [1.807, 2.05) is 19.2 Å². The molecule has 0 radical (unpaired) electrons. The second-order valence-corrected chi connectivity index (χ2v) is 5.18. The highest BCUT2D eigenvalue weighted by Gasteiger charge is 2.18. The lowest BCUT2D eigenvalue weighted by Gasteiger charge is -2.24. The highest BCUT2D eigenvalue weighted by Crippen LogP contribution is 2.32. The molecule has 92 valence electrons. The smallest absolute Gasteiger partial charge is 0.0536 e. The van der Waals surface area contributed by atoms with Crippen molar-refractivity contribution >= 4 is 11.6 Å². The van der Waals surface area contributed by atoms with Gasteiger partial charge in [-0.3, -0.25) is 0 Å². The number of hydrogen-bond donors (Lipinski definition) is 1. The SMILES string of the molecule is CNC(C1=CCCCC1)c1ccc(Cl)cc1C. The third-order valence-electron chi connectivity index (χ3n) is 3.53. The van der Waals surface area contributed by atoms with Crippen molar-refractivity contribution in [2.45, 2.75) is 38.6 Å². The van der Waals surface area contributed by atoms with Crippen LogP contribution in [0.25, 0.3) is 0 Å². The maximum Gasteiger partial charge on any atom is 0.0536 e. The number of benzene rings is 1. The lowest BCUT2D eigenvalue weighted by atomic mass is 9.88. The maximum absolute atomic E-state index is 6.02. The minimum absolute atomic E-state index is 0.354. The van der Waals surface area contributed by atoms with E-state index in [9.17, 15) is 0 Å². The highest BCUT2D eigenvalue weighted by molar-refractivity contribution is 6.30. The quantitative estimate of drug-likeness (QED) is 0.783. The van der Waals surface area contributed by atoms with Gasteiger partial charge in [-0.1, -0.05) is 29.3 Å². The van der Waals surface area contributed by atoms with Gasteiger partial charge in [0.25, 0.3) is 0 Å². The molecule has 0 saturated carbocycles. The van der Waals surface area contributed by atoms with Crippen LogP contribution in [0.4, 0.5) is 0 Å². The fraction of sp³-hybridized carbons (Fsp3) is 0.467. The number of aryl methyl sites for hydroxylation is 1. The molecule has 1 aromatic rings. The summed E-state index contributed by atoms with van der Waals surface area (Å²) >= 11 is 6.02. The van der Waals surface area contributed by atoms with Gasteiger partial charge in [0.15, 0.2) is 0 Å². The van der Waals surface area contributed by atoms with E-state index in [1.54, 1.807) is 0 Å². The van der Waals surface area contributed by atoms with Crippen LogP contribution >= 0.6 is 11.6 Å². The minimum Gasteiger partial charge on any atom is -0.310 e. The van der Waals surface area contributed by atoms with Crippen molar-refractivity contribution in [2.75, 3.05) is 7.05 Å². The van der Waals surface area contributed by atoms with Gasteiger partial charge in [0.2, 0.25) is 0 Å². The molecule has 1 aliphatic rings. The molecular weight excluding hydrogens is 230 g/mol. The molecule has 1 aliphatic carbocycles. The number of halogens is 1. The summed E-state index contributed by atoms with van der Waals surface area (Å²) in [5.74, 6) is 0. The van der Waals surface area contributed by atoms with Crippen LogP contribution in [0.2, 0.25) is 5.02 Å². The number of likely N-dealkylation sites (N-methyl/N-ethyl adjacent to an activating group) is 1. The van der Waals surface area contributed by atoms with E-state index >= 15 is 0 Å². The van der Waals surface area contributed by atoms with Gasteiger partial charge in [0.05, 0.1) is 6.04 Å². The first-order valence-corrected chi connectivity index (χ1v) is 6.72. The molecule has 0 spiro atoms. The van der Waals surface area contributed by atoms with Gasteiger partial charge in [-0.05, 0) is 62.9 Å². The fourth-order valence-corrected chi connectivity index (χ4v) is 2.86. The lowest BCUT2D eigenvalue weighted by molar-refractivity contribution is 0.591. The molecule has 0 bridgehead atoms. The molecule has 0 heterocycles. The summed E-state index contributed by atoms with van der Waals surface area (Å²) in [6.45, 7) is 2.13. The predicted octanol–water partition coefficient (Wildman–Crippen LogP) is 4.41.